The summed E-state index contributed by atoms with van der Waals surface area (Å²) in [6.45, 7) is 4.61. The molecule has 3 heterocycles. The molecule has 1 aromatic carbocycles. The highest BCUT2D eigenvalue weighted by atomic mass is 16.3. The molecule has 32 heavy (non-hydrogen) atoms. The van der Waals surface area contributed by atoms with Crippen LogP contribution in [-0.2, 0) is 9.59 Å². The number of benzene rings is 1. The van der Waals surface area contributed by atoms with Crippen LogP contribution in [0.3, 0.4) is 0 Å². The van der Waals surface area contributed by atoms with Gasteiger partial charge in [0.25, 0.3) is 0 Å². The molecule has 0 radical (unpaired) electrons. The molecule has 4 N–H and O–H groups in total. The van der Waals surface area contributed by atoms with Crippen LogP contribution in [-0.4, -0.2) is 66.2 Å². The zero-order valence-corrected chi connectivity index (χ0v) is 18.9. The van der Waals surface area contributed by atoms with Gasteiger partial charge in [-0.25, -0.2) is 0 Å². The summed E-state index contributed by atoms with van der Waals surface area (Å²) >= 11 is 0. The van der Waals surface area contributed by atoms with Crippen LogP contribution in [0.25, 0.3) is 0 Å². The molecule has 1 spiro atoms. The number of nitrogens with zero attached hydrogens (tertiary/aromatic N) is 2. The lowest BCUT2D eigenvalue weighted by Gasteiger charge is -2.52. The van der Waals surface area contributed by atoms with Gasteiger partial charge in [0.05, 0.1) is 11.5 Å². The minimum atomic E-state index is -0.607. The highest BCUT2D eigenvalue weighted by molar-refractivity contribution is 6.00. The number of hydrogen-bond donors (Lipinski definition) is 3. The lowest BCUT2D eigenvalue weighted by molar-refractivity contribution is -0.134. The first-order valence-corrected chi connectivity index (χ1v) is 12.2. The van der Waals surface area contributed by atoms with Gasteiger partial charge in [-0.15, -0.1) is 0 Å². The van der Waals surface area contributed by atoms with Gasteiger partial charge in [-0.3, -0.25) is 14.9 Å². The molecule has 7 nitrogen and oxygen atoms in total. The summed E-state index contributed by atoms with van der Waals surface area (Å²) in [5.41, 5.74) is 8.00. The zero-order chi connectivity index (χ0) is 22.3. The van der Waals surface area contributed by atoms with Crippen molar-refractivity contribution in [2.24, 2.45) is 11.1 Å². The maximum atomic E-state index is 12.1. The Morgan fingerprint density at radius 1 is 1.00 bits per heavy atom. The number of β-amino-alcohol motifs (C(OH)–C–C–N with tert-alkyl or cyclic N) is 1. The number of anilines is 1. The molecular weight excluding hydrogens is 404 g/mol. The van der Waals surface area contributed by atoms with Gasteiger partial charge in [0.1, 0.15) is 0 Å². The van der Waals surface area contributed by atoms with Crippen molar-refractivity contribution in [2.45, 2.75) is 68.9 Å². The SMILES string of the molecule is NC1CC2(CCN(CC3(O)CCN(c4ccc(C5CCC(=O)NC5=O)cc4)CC3)CC2)C1. The van der Waals surface area contributed by atoms with Gasteiger partial charge >= 0.3 is 0 Å². The number of rotatable bonds is 4. The Bertz CT molecular complexity index is 846. The summed E-state index contributed by atoms with van der Waals surface area (Å²) in [4.78, 5) is 28.3. The van der Waals surface area contributed by atoms with Crippen LogP contribution in [0.5, 0.6) is 0 Å². The predicted octanol–water partition coefficient (Wildman–Crippen LogP) is 1.74. The standard InChI is InChI=1S/C25H36N4O3/c26-19-15-24(16-19)7-11-28(12-8-24)17-25(32)9-13-29(14-10-25)20-3-1-18(2-4-20)21-5-6-22(30)27-23(21)31/h1-4,19,21,32H,5-17,26H2,(H,27,30,31). The smallest absolute Gasteiger partial charge is 0.234 e. The van der Waals surface area contributed by atoms with E-state index in [0.29, 0.717) is 24.3 Å². The number of carbonyl (C=O) groups excluding carboxylic acids is 2. The van der Waals surface area contributed by atoms with Gasteiger partial charge in [0, 0.05) is 37.8 Å². The summed E-state index contributed by atoms with van der Waals surface area (Å²) in [6, 6.07) is 8.55. The lowest BCUT2D eigenvalue weighted by Crippen LogP contribution is -2.56. The fourth-order valence-corrected chi connectivity index (χ4v) is 6.33. The average Bonchev–Trinajstić information content (AvgIpc) is 2.75. The minimum Gasteiger partial charge on any atom is -0.388 e. The molecule has 3 aliphatic heterocycles. The molecule has 0 bridgehead atoms. The van der Waals surface area contributed by atoms with Crippen molar-refractivity contribution >= 4 is 17.5 Å². The molecule has 4 aliphatic rings. The minimum absolute atomic E-state index is 0.181. The largest absolute Gasteiger partial charge is 0.388 e. The third-order valence-corrected chi connectivity index (χ3v) is 8.42. The maximum absolute atomic E-state index is 12.1. The zero-order valence-electron chi connectivity index (χ0n) is 18.9. The van der Waals surface area contributed by atoms with E-state index in [-0.39, 0.29) is 17.7 Å². The molecule has 1 saturated carbocycles. The molecule has 4 fully saturated rings. The van der Waals surface area contributed by atoms with Crippen molar-refractivity contribution < 1.29 is 14.7 Å². The van der Waals surface area contributed by atoms with E-state index in [2.05, 4.69) is 27.2 Å². The molecule has 174 valence electrons. The Hall–Kier alpha value is -1.96. The molecule has 1 aromatic rings. The first kappa shape index (κ1) is 21.9. The summed E-state index contributed by atoms with van der Waals surface area (Å²) in [5, 5.41) is 13.7. The monoisotopic (exact) mass is 440 g/mol. The highest BCUT2D eigenvalue weighted by Gasteiger charge is 2.45. The van der Waals surface area contributed by atoms with Crippen molar-refractivity contribution in [1.82, 2.24) is 10.2 Å². The van der Waals surface area contributed by atoms with Gasteiger partial charge in [0.15, 0.2) is 0 Å². The number of carbonyl (C=O) groups is 2. The van der Waals surface area contributed by atoms with Crippen molar-refractivity contribution in [1.29, 1.82) is 0 Å². The third-order valence-electron chi connectivity index (χ3n) is 8.42. The quantitative estimate of drug-likeness (QED) is 0.617. The van der Waals surface area contributed by atoms with Crippen LogP contribution in [0.1, 0.15) is 62.8 Å². The lowest BCUT2D eigenvalue weighted by atomic mass is 9.60. The van der Waals surface area contributed by atoms with E-state index < -0.39 is 5.60 Å². The van der Waals surface area contributed by atoms with Gasteiger partial charge in [-0.2, -0.15) is 0 Å². The molecule has 5 rings (SSSR count). The van der Waals surface area contributed by atoms with Gasteiger partial charge < -0.3 is 20.6 Å². The van der Waals surface area contributed by atoms with Crippen LogP contribution >= 0.6 is 0 Å². The summed E-state index contributed by atoms with van der Waals surface area (Å²) in [5.74, 6) is -0.617. The maximum Gasteiger partial charge on any atom is 0.234 e. The van der Waals surface area contributed by atoms with E-state index in [4.69, 9.17) is 5.73 Å². The fraction of sp³-hybridized carbons (Fsp3) is 0.680. The second kappa shape index (κ2) is 8.43. The summed E-state index contributed by atoms with van der Waals surface area (Å²) < 4.78 is 0. The van der Waals surface area contributed by atoms with E-state index in [1.165, 1.54) is 25.7 Å². The Morgan fingerprint density at radius 3 is 2.25 bits per heavy atom. The number of aliphatic hydroxyl groups is 1. The number of hydrogen-bond acceptors (Lipinski definition) is 6. The Balaban J connectivity index is 1.12. The summed E-state index contributed by atoms with van der Waals surface area (Å²) in [7, 11) is 0. The van der Waals surface area contributed by atoms with Crippen LogP contribution < -0.4 is 16.0 Å². The fourth-order valence-electron chi connectivity index (χ4n) is 6.33. The number of nitrogens with one attached hydrogen (secondary N) is 1. The van der Waals surface area contributed by atoms with Gasteiger partial charge in [-0.1, -0.05) is 12.1 Å². The molecular formula is C25H36N4O3. The van der Waals surface area contributed by atoms with E-state index in [1.54, 1.807) is 0 Å². The number of nitrogens with two attached hydrogens (primary N) is 1. The van der Waals surface area contributed by atoms with Crippen molar-refractivity contribution in [3.05, 3.63) is 29.8 Å². The molecule has 1 unspecified atom stereocenters. The topological polar surface area (TPSA) is 98.9 Å². The van der Waals surface area contributed by atoms with E-state index in [0.717, 1.165) is 56.8 Å². The van der Waals surface area contributed by atoms with Crippen LogP contribution in [0.4, 0.5) is 5.69 Å². The number of amides is 2. The van der Waals surface area contributed by atoms with E-state index >= 15 is 0 Å². The van der Waals surface area contributed by atoms with Crippen molar-refractivity contribution in [2.75, 3.05) is 37.6 Å². The third kappa shape index (κ3) is 4.43. The Morgan fingerprint density at radius 2 is 1.66 bits per heavy atom. The first-order chi connectivity index (χ1) is 15.3. The Labute approximate surface area is 190 Å². The predicted molar refractivity (Wildman–Crippen MR) is 123 cm³/mol. The second-order valence-corrected chi connectivity index (χ2v) is 10.8. The normalized spacial score (nSPS) is 28.4. The number of likely N-dealkylation sites (tertiary alicyclic amines) is 1. The molecule has 1 aliphatic carbocycles. The van der Waals surface area contributed by atoms with Crippen LogP contribution in [0.15, 0.2) is 24.3 Å². The van der Waals surface area contributed by atoms with Gasteiger partial charge in [-0.05, 0) is 81.1 Å². The molecule has 0 aromatic heterocycles. The number of piperidine rings is 3. The van der Waals surface area contributed by atoms with E-state index in [9.17, 15) is 14.7 Å². The van der Waals surface area contributed by atoms with Crippen LogP contribution in [0, 0.1) is 5.41 Å². The first-order valence-electron chi connectivity index (χ1n) is 12.2. The van der Waals surface area contributed by atoms with Crippen molar-refractivity contribution in [3.63, 3.8) is 0 Å². The van der Waals surface area contributed by atoms with Crippen molar-refractivity contribution in [3.8, 4) is 0 Å². The summed E-state index contributed by atoms with van der Waals surface area (Å²) in [6.07, 6.45) is 7.33. The second-order valence-electron chi connectivity index (χ2n) is 10.8. The highest BCUT2D eigenvalue weighted by Crippen LogP contribution is 2.48. The van der Waals surface area contributed by atoms with E-state index in [1.807, 2.05) is 12.1 Å². The molecule has 3 saturated heterocycles. The Kier molecular flexibility index (Phi) is 5.76. The molecule has 1 atom stereocenters. The average molecular weight is 441 g/mol. The number of imide groups is 1. The molecule has 2 amide bonds. The van der Waals surface area contributed by atoms with Gasteiger partial charge in [0.2, 0.25) is 11.8 Å². The van der Waals surface area contributed by atoms with Crippen LogP contribution in [0.2, 0.25) is 0 Å². The molecule has 7 heteroatoms.